The summed E-state index contributed by atoms with van der Waals surface area (Å²) >= 11 is 1.94. The van der Waals surface area contributed by atoms with Crippen molar-refractivity contribution in [1.82, 2.24) is 0 Å². The monoisotopic (exact) mass is 492 g/mol. The summed E-state index contributed by atoms with van der Waals surface area (Å²) in [5.41, 5.74) is 6.46. The highest BCUT2D eigenvalue weighted by Crippen LogP contribution is 2.45. The third-order valence-electron chi connectivity index (χ3n) is 5.52. The van der Waals surface area contributed by atoms with Crippen LogP contribution in [0, 0.1) is 10.2 Å². The lowest BCUT2D eigenvalue weighted by atomic mass is 9.81. The molecule has 5 rings (SSSR count). The Hall–Kier alpha value is -3.10. The Morgan fingerprint density at radius 3 is 1.62 bits per heavy atom. The molecule has 5 nitrogen and oxygen atoms in total. The normalized spacial score (nSPS) is 13.9. The van der Waals surface area contributed by atoms with Gasteiger partial charge in [-0.2, -0.15) is 0 Å². The van der Waals surface area contributed by atoms with E-state index in [9.17, 15) is 0 Å². The number of fused-ring (bicyclic) bond motifs is 1. The fourth-order valence-corrected chi connectivity index (χ4v) is 5.79. The molecule has 0 saturated heterocycles. The van der Waals surface area contributed by atoms with Gasteiger partial charge in [-0.1, -0.05) is 78.9 Å². The second-order valence-corrected chi connectivity index (χ2v) is 9.48. The molecule has 0 spiro atoms. The molecule has 0 bridgehead atoms. The first-order chi connectivity index (χ1) is 16.3. The van der Waals surface area contributed by atoms with E-state index >= 15 is 0 Å². The van der Waals surface area contributed by atoms with Crippen molar-refractivity contribution in [2.75, 3.05) is 7.11 Å². The van der Waals surface area contributed by atoms with E-state index in [1.54, 1.807) is 7.11 Å². The van der Waals surface area contributed by atoms with Crippen LogP contribution in [-0.2, 0) is 16.1 Å². The van der Waals surface area contributed by atoms with Crippen molar-refractivity contribution in [3.8, 4) is 5.75 Å². The van der Waals surface area contributed by atoms with Gasteiger partial charge in [0.05, 0.1) is 7.11 Å². The fraction of sp³-hybridized carbons (Fsp3) is 0.0741. The van der Waals surface area contributed by atoms with Gasteiger partial charge in [-0.15, -0.1) is 10.2 Å². The molecule has 0 unspecified atom stereocenters. The zero-order chi connectivity index (χ0) is 24.2. The molecule has 7 heteroatoms. The molecule has 1 heterocycles. The van der Waals surface area contributed by atoms with E-state index in [1.165, 1.54) is 32.7 Å². The van der Waals surface area contributed by atoms with Crippen molar-refractivity contribution < 1.29 is 33.6 Å². The summed E-state index contributed by atoms with van der Waals surface area (Å²) in [7, 11) is -3.24. The first kappa shape index (κ1) is 24.0. The third-order valence-corrected chi connectivity index (χ3v) is 7.18. The number of hydrogen-bond donors (Lipinski definition) is 0. The largest absolute Gasteiger partial charge is 0.497 e. The molecule has 1 aliphatic heterocycles. The number of rotatable bonds is 4. The fourth-order valence-electron chi connectivity index (χ4n) is 4.15. The molecule has 1 aliphatic rings. The van der Waals surface area contributed by atoms with Crippen molar-refractivity contribution in [3.05, 3.63) is 137 Å². The van der Waals surface area contributed by atoms with Crippen LogP contribution in [0.4, 0.5) is 0 Å². The number of ether oxygens (including phenoxy) is 1. The van der Waals surface area contributed by atoms with Gasteiger partial charge in [0.25, 0.3) is 4.75 Å². The van der Waals surface area contributed by atoms with E-state index in [0.29, 0.717) is 0 Å². The van der Waals surface area contributed by atoms with Gasteiger partial charge in [-0.25, -0.2) is 18.6 Å². The lowest BCUT2D eigenvalue weighted by Crippen LogP contribution is -2.68. The van der Waals surface area contributed by atoms with Crippen molar-refractivity contribution in [3.63, 3.8) is 0 Å². The van der Waals surface area contributed by atoms with Crippen LogP contribution in [0.25, 0.3) is 0 Å². The Morgan fingerprint density at radius 1 is 0.647 bits per heavy atom. The molecular weight excluding hydrogens is 472 g/mol. The zero-order valence-corrected chi connectivity index (χ0v) is 19.8. The van der Waals surface area contributed by atoms with E-state index in [-0.39, 0.29) is 4.75 Å². The molecule has 4 aromatic rings. The molecule has 172 valence electrons. The van der Waals surface area contributed by atoms with Crippen LogP contribution >= 0.6 is 0 Å². The van der Waals surface area contributed by atoms with Gasteiger partial charge in [-0.3, -0.25) is 0 Å². The molecular formula is C27H21ClO5S. The molecule has 0 aromatic heterocycles. The second kappa shape index (κ2) is 10.0. The van der Waals surface area contributed by atoms with Crippen molar-refractivity contribution in [1.29, 1.82) is 0 Å². The minimum atomic E-state index is -4.94. The number of benzene rings is 4. The molecule has 0 aliphatic carbocycles. The van der Waals surface area contributed by atoms with Gasteiger partial charge in [-0.05, 0) is 30.3 Å². The van der Waals surface area contributed by atoms with E-state index in [0.717, 1.165) is 5.75 Å². The lowest BCUT2D eigenvalue weighted by molar-refractivity contribution is -2.00. The highest BCUT2D eigenvalue weighted by atomic mass is 35.7. The van der Waals surface area contributed by atoms with E-state index in [2.05, 4.69) is 97.1 Å². The standard InChI is InChI=1S/C27H21OS.ClHO4/c1-28-23-18-16-20(17-19-23)26-24-14-8-9-15-25(24)27(29-26,21-10-4-2-5-11-21)22-12-6-3-7-13-22;2-1(3,4)5/h2-19H,1H3;(H,2,3,4,5)/q+1;/p-1. The van der Waals surface area contributed by atoms with Gasteiger partial charge in [0, 0.05) is 27.8 Å². The van der Waals surface area contributed by atoms with Crippen molar-refractivity contribution >= 4 is 16.2 Å². The summed E-state index contributed by atoms with van der Waals surface area (Å²) in [5, 5.41) is 0. The number of halogens is 1. The Kier molecular flexibility index (Phi) is 7.09. The van der Waals surface area contributed by atoms with E-state index < -0.39 is 10.2 Å². The van der Waals surface area contributed by atoms with Gasteiger partial charge in [0.2, 0.25) is 16.2 Å². The van der Waals surface area contributed by atoms with Crippen molar-refractivity contribution in [2.24, 2.45) is 0 Å². The molecule has 0 atom stereocenters. The number of methoxy groups -OCH3 is 1. The molecule has 0 amide bonds. The second-order valence-electron chi connectivity index (χ2n) is 7.50. The highest BCUT2D eigenvalue weighted by molar-refractivity contribution is 7.81. The quantitative estimate of drug-likeness (QED) is 0.311. The Bertz CT molecular complexity index is 1220. The molecule has 4 aromatic carbocycles. The van der Waals surface area contributed by atoms with Gasteiger partial charge in [0.15, 0.2) is 0 Å². The van der Waals surface area contributed by atoms with Crippen LogP contribution in [0.2, 0.25) is 0 Å². The first-order valence-corrected chi connectivity index (χ1v) is 12.4. The number of hydrogen-bond acceptors (Lipinski definition) is 5. The smallest absolute Gasteiger partial charge is 0.271 e. The zero-order valence-electron chi connectivity index (χ0n) is 18.2. The maximum Gasteiger partial charge on any atom is 0.271 e. The third kappa shape index (κ3) is 5.03. The minimum Gasteiger partial charge on any atom is -0.497 e. The molecule has 0 radical (unpaired) electrons. The van der Waals surface area contributed by atoms with Crippen LogP contribution in [-0.4, -0.2) is 12.0 Å². The highest BCUT2D eigenvalue weighted by Gasteiger charge is 2.54. The Balaban J connectivity index is 0.000000499. The van der Waals surface area contributed by atoms with Gasteiger partial charge >= 0.3 is 0 Å². The predicted octanol–water partition coefficient (Wildman–Crippen LogP) is 0.896. The maximum atomic E-state index is 8.49. The summed E-state index contributed by atoms with van der Waals surface area (Å²) < 4.78 is 39.1. The average molecular weight is 493 g/mol. The predicted molar refractivity (Wildman–Crippen MR) is 123 cm³/mol. The van der Waals surface area contributed by atoms with Crippen molar-refractivity contribution in [2.45, 2.75) is 4.75 Å². The van der Waals surface area contributed by atoms with Crippen LogP contribution in [0.5, 0.6) is 5.75 Å². The maximum absolute atomic E-state index is 8.49. The summed E-state index contributed by atoms with van der Waals surface area (Å²) in [5.74, 6) is 0.878. The van der Waals surface area contributed by atoms with Crippen LogP contribution in [0.15, 0.2) is 109 Å². The van der Waals surface area contributed by atoms with Crippen LogP contribution in [0.3, 0.4) is 0 Å². The molecule has 0 saturated carbocycles. The summed E-state index contributed by atoms with van der Waals surface area (Å²) in [6.07, 6.45) is 0. The van der Waals surface area contributed by atoms with E-state index in [4.69, 9.17) is 23.4 Å². The molecule has 0 N–H and O–H groups in total. The Morgan fingerprint density at radius 2 is 1.12 bits per heavy atom. The molecule has 0 fully saturated rings. The van der Waals surface area contributed by atoms with Gasteiger partial charge in [0.1, 0.15) is 5.75 Å². The van der Waals surface area contributed by atoms with E-state index in [1.807, 2.05) is 23.5 Å². The summed E-state index contributed by atoms with van der Waals surface area (Å²) in [6, 6.07) is 38.9. The summed E-state index contributed by atoms with van der Waals surface area (Å²) in [4.78, 5) is 1.30. The Labute approximate surface area is 204 Å². The topological polar surface area (TPSA) is 101 Å². The minimum absolute atomic E-state index is 0.269. The lowest BCUT2D eigenvalue weighted by Gasteiger charge is -2.20. The SMILES string of the molecule is COc1ccc(C2=[S+]C(c3ccccc3)(c3ccccc3)c3ccccc32)cc1.[O-][Cl+3]([O-])([O-])[O-]. The average Bonchev–Trinajstić information content (AvgIpc) is 3.21. The van der Waals surface area contributed by atoms with Gasteiger partial charge < -0.3 is 4.74 Å². The van der Waals surface area contributed by atoms with Crippen LogP contribution < -0.4 is 23.4 Å². The van der Waals surface area contributed by atoms with Crippen LogP contribution in [0.1, 0.15) is 27.8 Å². The summed E-state index contributed by atoms with van der Waals surface area (Å²) in [6.45, 7) is 0. The first-order valence-electron chi connectivity index (χ1n) is 10.4. The molecule has 34 heavy (non-hydrogen) atoms.